The van der Waals surface area contributed by atoms with E-state index >= 15 is 0 Å². The molecule has 2 heterocycles. The second-order valence-corrected chi connectivity index (χ2v) is 9.90. The fourth-order valence-corrected chi connectivity index (χ4v) is 6.54. The monoisotopic (exact) mass is 389 g/mol. The molecule has 2 aliphatic rings. The van der Waals surface area contributed by atoms with Crippen molar-refractivity contribution in [2.75, 3.05) is 5.75 Å². The second kappa shape index (κ2) is 7.85. The molecule has 4 nitrogen and oxygen atoms in total. The zero-order valence-corrected chi connectivity index (χ0v) is 17.2. The predicted molar refractivity (Wildman–Crippen MR) is 108 cm³/mol. The van der Waals surface area contributed by atoms with Gasteiger partial charge in [0, 0.05) is 18.2 Å². The highest BCUT2D eigenvalue weighted by Gasteiger charge is 2.43. The molecule has 2 aromatic rings. The smallest absolute Gasteiger partial charge is 0.191 e. The number of thiophene rings is 1. The summed E-state index contributed by atoms with van der Waals surface area (Å²) in [5, 5.41) is 12.2. The first-order chi connectivity index (χ1) is 12.6. The van der Waals surface area contributed by atoms with Crippen molar-refractivity contribution in [3.8, 4) is 10.7 Å². The normalized spacial score (nSPS) is 25.7. The van der Waals surface area contributed by atoms with Crippen molar-refractivity contribution in [3.63, 3.8) is 0 Å². The number of rotatable bonds is 8. The Labute approximate surface area is 163 Å². The number of hydrogen-bond donors (Lipinski definition) is 0. The molecule has 0 spiro atoms. The number of Topliss-reactive ketones (excluding diaryl/α,β-unsaturated/α-hetero) is 1. The molecule has 2 aliphatic carbocycles. The van der Waals surface area contributed by atoms with Crippen molar-refractivity contribution >= 4 is 28.9 Å². The topological polar surface area (TPSA) is 47.8 Å². The minimum Gasteiger partial charge on any atom is -0.300 e. The Kier molecular flexibility index (Phi) is 5.50. The van der Waals surface area contributed by atoms with E-state index in [4.69, 9.17) is 0 Å². The first kappa shape index (κ1) is 18.2. The third-order valence-corrected chi connectivity index (χ3v) is 8.03. The van der Waals surface area contributed by atoms with Crippen LogP contribution in [0, 0.1) is 17.8 Å². The van der Waals surface area contributed by atoms with Crippen molar-refractivity contribution in [1.82, 2.24) is 14.8 Å². The van der Waals surface area contributed by atoms with Crippen LogP contribution in [0.25, 0.3) is 10.7 Å². The molecule has 2 aromatic heterocycles. The highest BCUT2D eigenvalue weighted by atomic mass is 32.2. The fraction of sp³-hybridized carbons (Fsp3) is 0.650. The molecule has 6 heteroatoms. The molecular weight excluding hydrogens is 362 g/mol. The Bertz CT molecular complexity index is 755. The van der Waals surface area contributed by atoms with Gasteiger partial charge in [-0.05, 0) is 68.7 Å². The lowest BCUT2D eigenvalue weighted by atomic mass is 9.84. The highest BCUT2D eigenvalue weighted by molar-refractivity contribution is 7.99. The molecule has 0 radical (unpaired) electrons. The first-order valence-electron chi connectivity index (χ1n) is 9.74. The van der Waals surface area contributed by atoms with Crippen molar-refractivity contribution in [1.29, 1.82) is 0 Å². The number of fused-ring (bicyclic) bond motifs is 2. The van der Waals surface area contributed by atoms with Crippen molar-refractivity contribution < 1.29 is 4.79 Å². The summed E-state index contributed by atoms with van der Waals surface area (Å²) in [6.07, 6.45) is 7.18. The summed E-state index contributed by atoms with van der Waals surface area (Å²) >= 11 is 3.49. The Hall–Kier alpha value is -1.14. The second-order valence-electron chi connectivity index (χ2n) is 7.89. The molecular formula is C20H27N3OS2. The van der Waals surface area contributed by atoms with Gasteiger partial charge in [-0.25, -0.2) is 0 Å². The molecule has 0 saturated heterocycles. The molecule has 2 saturated carbocycles. The van der Waals surface area contributed by atoms with E-state index < -0.39 is 0 Å². The number of hydrogen-bond acceptors (Lipinski definition) is 5. The van der Waals surface area contributed by atoms with Gasteiger partial charge in [-0.15, -0.1) is 21.5 Å². The predicted octanol–water partition coefficient (Wildman–Crippen LogP) is 5.47. The molecule has 2 bridgehead atoms. The van der Waals surface area contributed by atoms with E-state index in [1.165, 1.54) is 30.6 Å². The molecule has 4 unspecified atom stereocenters. The first-order valence-corrected chi connectivity index (χ1v) is 11.6. The summed E-state index contributed by atoms with van der Waals surface area (Å²) in [7, 11) is 0. The lowest BCUT2D eigenvalue weighted by molar-refractivity contribution is -0.117. The van der Waals surface area contributed by atoms with Crippen LogP contribution in [0.4, 0.5) is 0 Å². The summed E-state index contributed by atoms with van der Waals surface area (Å²) in [6, 6.07) is 4.66. The summed E-state index contributed by atoms with van der Waals surface area (Å²) in [6.45, 7) is 4.03. The standard InChI is InChI=1S/C20H27N3OS2/c1-13(24)5-3-10-26-20-22-21-19(18-6-4-9-25-18)23(20)14(2)17-12-15-7-8-16(17)11-15/h4,6,9,14-17H,3,5,7-8,10-12H2,1-2H3. The lowest BCUT2D eigenvalue weighted by Crippen LogP contribution is -2.23. The molecule has 0 amide bonds. The maximum atomic E-state index is 11.2. The highest BCUT2D eigenvalue weighted by Crippen LogP contribution is 2.53. The van der Waals surface area contributed by atoms with Crippen LogP contribution in [0.3, 0.4) is 0 Å². The molecule has 0 aromatic carbocycles. The van der Waals surface area contributed by atoms with Gasteiger partial charge in [0.05, 0.1) is 4.88 Å². The quantitative estimate of drug-likeness (QED) is 0.444. The van der Waals surface area contributed by atoms with E-state index in [0.717, 1.165) is 40.9 Å². The summed E-state index contributed by atoms with van der Waals surface area (Å²) in [5.41, 5.74) is 0. The summed E-state index contributed by atoms with van der Waals surface area (Å²) in [5.74, 6) is 4.78. The van der Waals surface area contributed by atoms with E-state index in [9.17, 15) is 4.79 Å². The maximum absolute atomic E-state index is 11.2. The molecule has 2 fully saturated rings. The number of ketones is 1. The summed E-state index contributed by atoms with van der Waals surface area (Å²) in [4.78, 5) is 12.4. The van der Waals surface area contributed by atoms with Gasteiger partial charge in [-0.1, -0.05) is 24.2 Å². The van der Waals surface area contributed by atoms with Gasteiger partial charge in [0.2, 0.25) is 0 Å². The van der Waals surface area contributed by atoms with Crippen LogP contribution in [-0.2, 0) is 4.79 Å². The van der Waals surface area contributed by atoms with Crippen molar-refractivity contribution in [3.05, 3.63) is 17.5 Å². The Balaban J connectivity index is 1.57. The van der Waals surface area contributed by atoms with Crippen molar-refractivity contribution in [2.45, 2.75) is 63.6 Å². The van der Waals surface area contributed by atoms with E-state index in [0.29, 0.717) is 12.5 Å². The van der Waals surface area contributed by atoms with Gasteiger partial charge in [0.25, 0.3) is 0 Å². The van der Waals surface area contributed by atoms with Crippen LogP contribution in [0.5, 0.6) is 0 Å². The third-order valence-electron chi connectivity index (χ3n) is 6.13. The third kappa shape index (κ3) is 3.63. The van der Waals surface area contributed by atoms with Crippen LogP contribution in [-0.4, -0.2) is 26.3 Å². The molecule has 140 valence electrons. The van der Waals surface area contributed by atoms with Crippen LogP contribution < -0.4 is 0 Å². The number of carbonyl (C=O) groups is 1. The van der Waals surface area contributed by atoms with Crippen LogP contribution >= 0.6 is 23.1 Å². The van der Waals surface area contributed by atoms with Crippen LogP contribution in [0.2, 0.25) is 0 Å². The minimum atomic E-state index is 0.265. The molecule has 0 aliphatic heterocycles. The molecule has 0 N–H and O–H groups in total. The zero-order chi connectivity index (χ0) is 18.1. The van der Waals surface area contributed by atoms with Gasteiger partial charge in [0.1, 0.15) is 5.78 Å². The SMILES string of the molecule is CC(=O)CCCSc1nnc(-c2cccs2)n1C(C)C1CC2CCC1C2. The minimum absolute atomic E-state index is 0.265. The Morgan fingerprint density at radius 3 is 2.92 bits per heavy atom. The van der Waals surface area contributed by atoms with Crippen LogP contribution in [0.1, 0.15) is 58.4 Å². The molecule has 26 heavy (non-hydrogen) atoms. The number of carbonyl (C=O) groups excluding carboxylic acids is 1. The van der Waals surface area contributed by atoms with Gasteiger partial charge in [-0.3, -0.25) is 4.57 Å². The maximum Gasteiger partial charge on any atom is 0.191 e. The average Bonchev–Trinajstić information content (AvgIpc) is 3.41. The number of aromatic nitrogens is 3. The average molecular weight is 390 g/mol. The fourth-order valence-electron chi connectivity index (χ4n) is 4.88. The largest absolute Gasteiger partial charge is 0.300 e. The lowest BCUT2D eigenvalue weighted by Gasteiger charge is -2.30. The van der Waals surface area contributed by atoms with Gasteiger partial charge in [-0.2, -0.15) is 0 Å². The molecule has 4 atom stereocenters. The molecule has 4 rings (SSSR count). The van der Waals surface area contributed by atoms with E-state index in [2.05, 4.69) is 39.2 Å². The van der Waals surface area contributed by atoms with Crippen molar-refractivity contribution in [2.24, 2.45) is 17.8 Å². The Morgan fingerprint density at radius 1 is 1.38 bits per heavy atom. The van der Waals surface area contributed by atoms with Gasteiger partial charge >= 0.3 is 0 Å². The van der Waals surface area contributed by atoms with E-state index in [-0.39, 0.29) is 5.78 Å². The summed E-state index contributed by atoms with van der Waals surface area (Å²) < 4.78 is 2.40. The van der Waals surface area contributed by atoms with Gasteiger partial charge in [0.15, 0.2) is 11.0 Å². The van der Waals surface area contributed by atoms with E-state index in [1.807, 2.05) is 0 Å². The Morgan fingerprint density at radius 2 is 2.27 bits per heavy atom. The van der Waals surface area contributed by atoms with Crippen LogP contribution in [0.15, 0.2) is 22.7 Å². The van der Waals surface area contributed by atoms with Gasteiger partial charge < -0.3 is 4.79 Å². The number of nitrogens with zero attached hydrogens (tertiary/aromatic N) is 3. The van der Waals surface area contributed by atoms with E-state index in [1.54, 1.807) is 30.0 Å². The number of thioether (sulfide) groups is 1. The zero-order valence-electron chi connectivity index (χ0n) is 15.6.